The lowest BCUT2D eigenvalue weighted by Gasteiger charge is -2.20. The maximum Gasteiger partial charge on any atom is 0.194 e. The van der Waals surface area contributed by atoms with Gasteiger partial charge < -0.3 is 30.3 Å². The maximum absolute atomic E-state index is 10.3. The fourth-order valence-corrected chi connectivity index (χ4v) is 4.14. The van der Waals surface area contributed by atoms with E-state index in [-0.39, 0.29) is 6.04 Å². The summed E-state index contributed by atoms with van der Waals surface area (Å²) in [5.74, 6) is -0.582. The predicted molar refractivity (Wildman–Crippen MR) is 109 cm³/mol. The molecule has 13 heteroatoms. The number of halogens is 1. The van der Waals surface area contributed by atoms with Gasteiger partial charge in [-0.1, -0.05) is 11.6 Å². The van der Waals surface area contributed by atoms with Crippen molar-refractivity contribution >= 4 is 34.4 Å². The molecule has 0 aliphatic carbocycles. The van der Waals surface area contributed by atoms with Crippen LogP contribution in [0.2, 0.25) is 5.15 Å². The summed E-state index contributed by atoms with van der Waals surface area (Å²) in [6, 6.07) is 1.82. The van der Waals surface area contributed by atoms with Gasteiger partial charge >= 0.3 is 0 Å². The Morgan fingerprint density at radius 2 is 2.00 bits per heavy atom. The smallest absolute Gasteiger partial charge is 0.194 e. The molecule has 0 bridgehead atoms. The quantitative estimate of drug-likeness (QED) is 0.396. The molecule has 3 aromatic heterocycles. The van der Waals surface area contributed by atoms with E-state index in [0.717, 1.165) is 18.8 Å². The molecule has 2 saturated heterocycles. The van der Waals surface area contributed by atoms with E-state index in [1.807, 2.05) is 0 Å². The second kappa shape index (κ2) is 7.50. The Labute approximate surface area is 181 Å². The van der Waals surface area contributed by atoms with Gasteiger partial charge in [-0.25, -0.2) is 24.9 Å². The van der Waals surface area contributed by atoms with Crippen molar-refractivity contribution in [2.24, 2.45) is 0 Å². The first kappa shape index (κ1) is 20.3. The van der Waals surface area contributed by atoms with Crippen LogP contribution in [0, 0.1) is 0 Å². The number of anilines is 2. The molecule has 5 atom stereocenters. The molecule has 5 rings (SSSR count). The normalized spacial score (nSPS) is 30.9. The lowest BCUT2D eigenvalue weighted by molar-refractivity contribution is -0.224. The lowest BCUT2D eigenvalue weighted by Crippen LogP contribution is -2.40. The fourth-order valence-electron chi connectivity index (χ4n) is 4.00. The number of aliphatic hydroxyl groups excluding tert-OH is 2. The average Bonchev–Trinajstić information content (AvgIpc) is 3.43. The summed E-state index contributed by atoms with van der Waals surface area (Å²) in [6.45, 7) is 2.78. The fraction of sp³-hybridized carbons (Fsp3) is 0.500. The minimum absolute atomic E-state index is 0.0906. The number of hydrogen-bond acceptors (Lipinski definition) is 11. The monoisotopic (exact) mass is 448 g/mol. The third-order valence-corrected chi connectivity index (χ3v) is 5.84. The van der Waals surface area contributed by atoms with E-state index >= 15 is 0 Å². The van der Waals surface area contributed by atoms with Gasteiger partial charge in [-0.15, -0.1) is 0 Å². The standard InChI is InChI=1S/C18H21ClN8O4/c1-18(30)14(29)13(28)17(31-18)27-8-24-12-15(22-7-23-16(12)27)25-9-2-3-26(5-9)11-4-10(19)20-6-21-11/h4,6-9,13-14,17,28-30H,2-3,5H2,1H3,(H,22,23,25)/t9-,13-,14+,17+,18+/m0/s1. The van der Waals surface area contributed by atoms with Crippen LogP contribution >= 0.6 is 11.6 Å². The number of rotatable bonds is 4. The van der Waals surface area contributed by atoms with E-state index in [0.29, 0.717) is 28.7 Å². The molecular formula is C18H21ClN8O4. The van der Waals surface area contributed by atoms with Crippen molar-refractivity contribution in [1.29, 1.82) is 0 Å². The highest BCUT2D eigenvalue weighted by Gasteiger charge is 2.51. The van der Waals surface area contributed by atoms with Gasteiger partial charge in [0, 0.05) is 25.2 Å². The van der Waals surface area contributed by atoms with E-state index in [1.165, 1.54) is 30.5 Å². The first-order chi connectivity index (χ1) is 14.8. The second-order valence-electron chi connectivity index (χ2n) is 7.82. The average molecular weight is 449 g/mol. The van der Waals surface area contributed by atoms with Gasteiger partial charge in [0.05, 0.1) is 6.33 Å². The first-order valence-electron chi connectivity index (χ1n) is 9.76. The molecule has 0 spiro atoms. The maximum atomic E-state index is 10.3. The third-order valence-electron chi connectivity index (χ3n) is 5.63. The van der Waals surface area contributed by atoms with Crippen molar-refractivity contribution in [3.05, 3.63) is 30.2 Å². The molecule has 31 heavy (non-hydrogen) atoms. The summed E-state index contributed by atoms with van der Waals surface area (Å²) in [7, 11) is 0. The number of nitrogens with zero attached hydrogens (tertiary/aromatic N) is 7. The van der Waals surface area contributed by atoms with E-state index in [9.17, 15) is 15.3 Å². The Balaban J connectivity index is 1.36. The van der Waals surface area contributed by atoms with Gasteiger partial charge in [-0.3, -0.25) is 4.57 Å². The molecule has 2 aliphatic rings. The number of ether oxygens (including phenoxy) is 1. The molecule has 5 heterocycles. The summed E-state index contributed by atoms with van der Waals surface area (Å²) in [6.07, 6.45) is 1.27. The largest absolute Gasteiger partial charge is 0.385 e. The van der Waals surface area contributed by atoms with Crippen molar-refractivity contribution in [3.8, 4) is 0 Å². The Hall–Kier alpha value is -2.64. The topological polar surface area (TPSA) is 155 Å². The minimum atomic E-state index is -1.88. The number of aliphatic hydroxyl groups is 3. The third kappa shape index (κ3) is 3.55. The van der Waals surface area contributed by atoms with Gasteiger partial charge in [0.1, 0.15) is 35.8 Å². The second-order valence-corrected chi connectivity index (χ2v) is 8.21. The Kier molecular flexibility index (Phi) is 4.90. The Morgan fingerprint density at radius 3 is 2.74 bits per heavy atom. The van der Waals surface area contributed by atoms with Crippen molar-refractivity contribution < 1.29 is 20.1 Å². The van der Waals surface area contributed by atoms with Gasteiger partial charge in [-0.05, 0) is 13.3 Å². The number of nitrogens with one attached hydrogen (secondary N) is 1. The molecule has 2 aliphatic heterocycles. The van der Waals surface area contributed by atoms with Gasteiger partial charge in [0.25, 0.3) is 0 Å². The molecule has 12 nitrogen and oxygen atoms in total. The van der Waals surface area contributed by atoms with Gasteiger partial charge in [0.2, 0.25) is 0 Å². The summed E-state index contributed by atoms with van der Waals surface area (Å²) >= 11 is 5.97. The summed E-state index contributed by atoms with van der Waals surface area (Å²) < 4.78 is 6.91. The number of aromatic nitrogens is 6. The predicted octanol–water partition coefficient (Wildman–Crippen LogP) is -0.0804. The van der Waals surface area contributed by atoms with Gasteiger partial charge in [-0.2, -0.15) is 0 Å². The van der Waals surface area contributed by atoms with Crippen molar-refractivity contribution in [3.63, 3.8) is 0 Å². The molecule has 0 saturated carbocycles. The Bertz CT molecular complexity index is 1110. The number of imidazole rings is 1. The highest BCUT2D eigenvalue weighted by Crippen LogP contribution is 2.37. The van der Waals surface area contributed by atoms with Crippen LogP contribution in [0.5, 0.6) is 0 Å². The molecular weight excluding hydrogens is 428 g/mol. The van der Waals surface area contributed by atoms with Crippen LogP contribution in [0.3, 0.4) is 0 Å². The zero-order valence-electron chi connectivity index (χ0n) is 16.5. The van der Waals surface area contributed by atoms with Gasteiger partial charge in [0.15, 0.2) is 29.0 Å². The van der Waals surface area contributed by atoms with Crippen molar-refractivity contribution in [1.82, 2.24) is 29.5 Å². The van der Waals surface area contributed by atoms with Crippen LogP contribution < -0.4 is 10.2 Å². The first-order valence-corrected chi connectivity index (χ1v) is 10.1. The minimum Gasteiger partial charge on any atom is -0.385 e. The molecule has 164 valence electrons. The summed E-state index contributed by atoms with van der Waals surface area (Å²) in [5.41, 5.74) is 0.895. The van der Waals surface area contributed by atoms with Crippen molar-refractivity contribution in [2.75, 3.05) is 23.3 Å². The van der Waals surface area contributed by atoms with Crippen LogP contribution in [0.4, 0.5) is 11.6 Å². The molecule has 2 fully saturated rings. The number of hydrogen-bond donors (Lipinski definition) is 4. The summed E-state index contributed by atoms with van der Waals surface area (Å²) in [4.78, 5) is 23.2. The zero-order valence-corrected chi connectivity index (χ0v) is 17.3. The van der Waals surface area contributed by atoms with Crippen molar-refractivity contribution in [2.45, 2.75) is 43.6 Å². The summed E-state index contributed by atoms with van der Waals surface area (Å²) in [5, 5.41) is 34.2. The molecule has 3 aromatic rings. The van der Waals surface area contributed by atoms with Crippen LogP contribution in [-0.4, -0.2) is 81.9 Å². The molecule has 0 amide bonds. The zero-order chi connectivity index (χ0) is 21.8. The van der Waals surface area contributed by atoms with E-state index < -0.39 is 24.2 Å². The van der Waals surface area contributed by atoms with E-state index in [4.69, 9.17) is 16.3 Å². The lowest BCUT2D eigenvalue weighted by atomic mass is 10.1. The van der Waals surface area contributed by atoms with Crippen LogP contribution in [0.15, 0.2) is 25.0 Å². The Morgan fingerprint density at radius 1 is 1.19 bits per heavy atom. The van der Waals surface area contributed by atoms with Crippen LogP contribution in [0.1, 0.15) is 19.6 Å². The molecule has 4 N–H and O–H groups in total. The number of fused-ring (bicyclic) bond motifs is 1. The molecule has 0 unspecified atom stereocenters. The molecule has 0 aromatic carbocycles. The van der Waals surface area contributed by atoms with E-state index in [1.54, 1.807) is 6.07 Å². The molecule has 0 radical (unpaired) electrons. The van der Waals surface area contributed by atoms with Crippen LogP contribution in [-0.2, 0) is 4.74 Å². The highest BCUT2D eigenvalue weighted by molar-refractivity contribution is 6.29. The van der Waals surface area contributed by atoms with E-state index in [2.05, 4.69) is 35.1 Å². The van der Waals surface area contributed by atoms with Crippen LogP contribution in [0.25, 0.3) is 11.2 Å². The highest BCUT2D eigenvalue weighted by atomic mass is 35.5. The SMILES string of the molecule is C[C@@]1(O)O[C@@H](n2cnc3c(N[C@H]4CCN(c5cc(Cl)ncn5)C4)ncnc32)[C@@H](O)[C@H]1O.